The second-order valence-electron chi connectivity index (χ2n) is 7.51. The van der Waals surface area contributed by atoms with Crippen LogP contribution in [-0.2, 0) is 6.42 Å². The van der Waals surface area contributed by atoms with E-state index in [1.807, 2.05) is 0 Å². The summed E-state index contributed by atoms with van der Waals surface area (Å²) in [5.74, 6) is 3.10. The zero-order chi connectivity index (χ0) is 13.6. The maximum atomic E-state index is 5.92. The van der Waals surface area contributed by atoms with Crippen molar-refractivity contribution in [3.63, 3.8) is 0 Å². The van der Waals surface area contributed by atoms with Crippen LogP contribution in [0.4, 0.5) is 0 Å². The van der Waals surface area contributed by atoms with E-state index in [9.17, 15) is 0 Å². The van der Waals surface area contributed by atoms with Gasteiger partial charge >= 0.3 is 0 Å². The minimum absolute atomic E-state index is 0.344. The SMILES string of the molecule is Cc1cc2c(o1)CC(C)(C)CC2NC1CCCC1C. The minimum Gasteiger partial charge on any atom is -0.466 e. The number of hydrogen-bond acceptors (Lipinski definition) is 2. The van der Waals surface area contributed by atoms with Gasteiger partial charge in [0.25, 0.3) is 0 Å². The molecule has 1 fully saturated rings. The van der Waals surface area contributed by atoms with E-state index in [1.54, 1.807) is 0 Å². The van der Waals surface area contributed by atoms with Crippen LogP contribution in [0, 0.1) is 18.3 Å². The predicted octanol–water partition coefficient (Wildman–Crippen LogP) is 4.38. The van der Waals surface area contributed by atoms with Gasteiger partial charge in [-0.3, -0.25) is 0 Å². The van der Waals surface area contributed by atoms with Crippen LogP contribution in [0.1, 0.15) is 69.6 Å². The van der Waals surface area contributed by atoms with Gasteiger partial charge in [-0.25, -0.2) is 0 Å². The van der Waals surface area contributed by atoms with E-state index in [-0.39, 0.29) is 0 Å². The van der Waals surface area contributed by atoms with Crippen molar-refractivity contribution in [3.05, 3.63) is 23.2 Å². The van der Waals surface area contributed by atoms with E-state index in [1.165, 1.54) is 37.0 Å². The first-order chi connectivity index (χ1) is 8.94. The predicted molar refractivity (Wildman–Crippen MR) is 78.2 cm³/mol. The average molecular weight is 261 g/mol. The number of rotatable bonds is 2. The standard InChI is InChI=1S/C17H27NO/c1-11-6-5-7-14(11)18-15-9-17(3,4)10-16-13(15)8-12(2)19-16/h8,11,14-15,18H,5-7,9-10H2,1-4H3. The normalized spacial score (nSPS) is 33.4. The van der Waals surface area contributed by atoms with E-state index >= 15 is 0 Å². The Morgan fingerprint density at radius 3 is 2.79 bits per heavy atom. The van der Waals surface area contributed by atoms with Gasteiger partial charge in [0.1, 0.15) is 11.5 Å². The van der Waals surface area contributed by atoms with Gasteiger partial charge in [-0.15, -0.1) is 0 Å². The van der Waals surface area contributed by atoms with Crippen molar-refractivity contribution >= 4 is 0 Å². The highest BCUT2D eigenvalue weighted by Crippen LogP contribution is 2.43. The molecule has 0 aromatic carbocycles. The number of fused-ring (bicyclic) bond motifs is 1. The Bertz CT molecular complexity index is 460. The molecule has 0 aliphatic heterocycles. The molecule has 1 saturated carbocycles. The molecule has 1 aromatic rings. The Morgan fingerprint density at radius 2 is 2.11 bits per heavy atom. The van der Waals surface area contributed by atoms with Crippen LogP contribution in [0.25, 0.3) is 0 Å². The van der Waals surface area contributed by atoms with Gasteiger partial charge in [-0.1, -0.05) is 27.2 Å². The first-order valence-corrected chi connectivity index (χ1v) is 7.80. The summed E-state index contributed by atoms with van der Waals surface area (Å²) >= 11 is 0. The molecule has 1 N–H and O–H groups in total. The van der Waals surface area contributed by atoms with Crippen molar-refractivity contribution < 1.29 is 4.42 Å². The molecule has 3 rings (SSSR count). The topological polar surface area (TPSA) is 25.2 Å². The second-order valence-corrected chi connectivity index (χ2v) is 7.51. The van der Waals surface area contributed by atoms with Crippen molar-refractivity contribution in [1.82, 2.24) is 5.32 Å². The van der Waals surface area contributed by atoms with Crippen molar-refractivity contribution in [3.8, 4) is 0 Å². The molecule has 2 aliphatic rings. The Labute approximate surface area is 117 Å². The molecule has 106 valence electrons. The fourth-order valence-corrected chi connectivity index (χ4v) is 3.98. The Morgan fingerprint density at radius 1 is 1.32 bits per heavy atom. The maximum Gasteiger partial charge on any atom is 0.109 e. The first kappa shape index (κ1) is 13.2. The molecule has 3 unspecified atom stereocenters. The summed E-state index contributed by atoms with van der Waals surface area (Å²) in [6.45, 7) is 9.18. The van der Waals surface area contributed by atoms with Crippen molar-refractivity contribution in [1.29, 1.82) is 0 Å². The van der Waals surface area contributed by atoms with Gasteiger partial charge < -0.3 is 9.73 Å². The molecule has 19 heavy (non-hydrogen) atoms. The third-order valence-corrected chi connectivity index (χ3v) is 5.01. The van der Waals surface area contributed by atoms with Crippen molar-refractivity contribution in [2.75, 3.05) is 0 Å². The van der Waals surface area contributed by atoms with E-state index < -0.39 is 0 Å². The first-order valence-electron chi connectivity index (χ1n) is 7.80. The Balaban J connectivity index is 1.83. The molecule has 0 spiro atoms. The largest absolute Gasteiger partial charge is 0.466 e. The third-order valence-electron chi connectivity index (χ3n) is 5.01. The number of furan rings is 1. The molecule has 1 aromatic heterocycles. The van der Waals surface area contributed by atoms with E-state index in [0.29, 0.717) is 17.5 Å². The van der Waals surface area contributed by atoms with E-state index in [2.05, 4.69) is 39.1 Å². The summed E-state index contributed by atoms with van der Waals surface area (Å²) in [5, 5.41) is 3.93. The molecule has 0 saturated heterocycles. The maximum absolute atomic E-state index is 5.92. The lowest BCUT2D eigenvalue weighted by atomic mass is 9.74. The summed E-state index contributed by atoms with van der Waals surface area (Å²) in [5.41, 5.74) is 1.77. The molecular weight excluding hydrogens is 234 g/mol. The fourth-order valence-electron chi connectivity index (χ4n) is 3.98. The van der Waals surface area contributed by atoms with Crippen LogP contribution in [0.3, 0.4) is 0 Å². The molecule has 1 heterocycles. The summed E-state index contributed by atoms with van der Waals surface area (Å²) in [6, 6.07) is 3.44. The Hall–Kier alpha value is -0.760. The van der Waals surface area contributed by atoms with Gasteiger partial charge in [-0.05, 0) is 43.6 Å². The van der Waals surface area contributed by atoms with E-state index in [4.69, 9.17) is 4.42 Å². The van der Waals surface area contributed by atoms with Crippen molar-refractivity contribution in [2.24, 2.45) is 11.3 Å². The van der Waals surface area contributed by atoms with Crippen LogP contribution < -0.4 is 5.32 Å². The van der Waals surface area contributed by atoms with E-state index in [0.717, 1.165) is 18.1 Å². The highest BCUT2D eigenvalue weighted by atomic mass is 16.3. The van der Waals surface area contributed by atoms with Gasteiger partial charge in [0.15, 0.2) is 0 Å². The minimum atomic E-state index is 0.344. The summed E-state index contributed by atoms with van der Waals surface area (Å²) in [7, 11) is 0. The van der Waals surface area contributed by atoms with Crippen LogP contribution in [0.2, 0.25) is 0 Å². The zero-order valence-electron chi connectivity index (χ0n) is 12.8. The molecular formula is C17H27NO. The molecule has 0 amide bonds. The monoisotopic (exact) mass is 261 g/mol. The molecule has 2 heteroatoms. The van der Waals surface area contributed by atoms with Crippen molar-refractivity contribution in [2.45, 2.75) is 71.9 Å². The lowest BCUT2D eigenvalue weighted by molar-refractivity contribution is 0.217. The van der Waals surface area contributed by atoms with Gasteiger partial charge in [0, 0.05) is 24.1 Å². The van der Waals surface area contributed by atoms with Gasteiger partial charge in [0.2, 0.25) is 0 Å². The molecule has 2 nitrogen and oxygen atoms in total. The lowest BCUT2D eigenvalue weighted by Gasteiger charge is -2.37. The third kappa shape index (κ3) is 2.60. The van der Waals surface area contributed by atoms with Crippen LogP contribution >= 0.6 is 0 Å². The summed E-state index contributed by atoms with van der Waals surface area (Å²) < 4.78 is 5.92. The molecule has 2 aliphatic carbocycles. The molecule has 0 bridgehead atoms. The summed E-state index contributed by atoms with van der Waals surface area (Å²) in [6.07, 6.45) is 6.40. The van der Waals surface area contributed by atoms with Gasteiger partial charge in [-0.2, -0.15) is 0 Å². The number of hydrogen-bond donors (Lipinski definition) is 1. The lowest BCUT2D eigenvalue weighted by Crippen LogP contribution is -2.39. The number of nitrogens with one attached hydrogen (secondary N) is 1. The Kier molecular flexibility index (Phi) is 3.24. The molecule has 0 radical (unpaired) electrons. The summed E-state index contributed by atoms with van der Waals surface area (Å²) in [4.78, 5) is 0. The second kappa shape index (κ2) is 4.66. The fraction of sp³-hybridized carbons (Fsp3) is 0.765. The molecule has 3 atom stereocenters. The average Bonchev–Trinajstić information content (AvgIpc) is 2.84. The highest BCUT2D eigenvalue weighted by molar-refractivity contribution is 5.29. The van der Waals surface area contributed by atoms with Gasteiger partial charge in [0.05, 0.1) is 0 Å². The number of aryl methyl sites for hydroxylation is 1. The quantitative estimate of drug-likeness (QED) is 0.854. The van der Waals surface area contributed by atoms with Crippen LogP contribution in [-0.4, -0.2) is 6.04 Å². The highest BCUT2D eigenvalue weighted by Gasteiger charge is 2.36. The van der Waals surface area contributed by atoms with Crippen LogP contribution in [0.5, 0.6) is 0 Å². The smallest absolute Gasteiger partial charge is 0.109 e. The van der Waals surface area contributed by atoms with Crippen LogP contribution in [0.15, 0.2) is 10.5 Å². The zero-order valence-corrected chi connectivity index (χ0v) is 12.8.